The van der Waals surface area contributed by atoms with Crippen molar-refractivity contribution in [3.8, 4) is 5.75 Å². The van der Waals surface area contributed by atoms with Crippen LogP contribution in [-0.4, -0.2) is 63.1 Å². The molecule has 6 heteroatoms. The van der Waals surface area contributed by atoms with Crippen molar-refractivity contribution in [3.05, 3.63) is 24.3 Å². The van der Waals surface area contributed by atoms with E-state index in [0.29, 0.717) is 20.0 Å². The lowest BCUT2D eigenvalue weighted by Crippen LogP contribution is -2.48. The largest absolute Gasteiger partial charge is 0.491 e. The summed E-state index contributed by atoms with van der Waals surface area (Å²) in [6.45, 7) is 6.40. The summed E-state index contributed by atoms with van der Waals surface area (Å²) in [5, 5.41) is 0. The molecule has 6 nitrogen and oxygen atoms in total. The Morgan fingerprint density at radius 1 is 1.23 bits per heavy atom. The number of carbonyl (C=O) groups excluding carboxylic acids is 1. The van der Waals surface area contributed by atoms with Crippen molar-refractivity contribution < 1.29 is 19.0 Å². The quantitative estimate of drug-likeness (QED) is 0.834. The van der Waals surface area contributed by atoms with Crippen LogP contribution in [0.15, 0.2) is 24.3 Å². The maximum Gasteiger partial charge on any atom is 0.219 e. The molecule has 0 radical (unpaired) electrons. The Morgan fingerprint density at radius 3 is 2.55 bits per heavy atom. The summed E-state index contributed by atoms with van der Waals surface area (Å²) in [4.78, 5) is 15.5. The second-order valence-corrected chi connectivity index (χ2v) is 5.58. The number of nitrogens with zero attached hydrogens (tertiary/aromatic N) is 2. The van der Waals surface area contributed by atoms with Crippen LogP contribution in [0, 0.1) is 0 Å². The van der Waals surface area contributed by atoms with Crippen LogP contribution in [0.1, 0.15) is 6.92 Å². The first kappa shape index (κ1) is 15.1. The minimum atomic E-state index is 0.0272. The van der Waals surface area contributed by atoms with Crippen molar-refractivity contribution in [3.63, 3.8) is 0 Å². The molecule has 2 aliphatic rings. The Morgan fingerprint density at radius 2 is 1.95 bits per heavy atom. The van der Waals surface area contributed by atoms with Crippen LogP contribution in [-0.2, 0) is 14.3 Å². The first-order chi connectivity index (χ1) is 10.7. The third kappa shape index (κ3) is 3.69. The third-order valence-corrected chi connectivity index (χ3v) is 4.05. The highest BCUT2D eigenvalue weighted by Gasteiger charge is 2.19. The summed E-state index contributed by atoms with van der Waals surface area (Å²) in [7, 11) is 0. The minimum Gasteiger partial charge on any atom is -0.491 e. The molecule has 0 aliphatic carbocycles. The Kier molecular flexibility index (Phi) is 4.80. The zero-order valence-electron chi connectivity index (χ0n) is 12.9. The molecule has 2 fully saturated rings. The predicted molar refractivity (Wildman–Crippen MR) is 82.1 cm³/mol. The van der Waals surface area contributed by atoms with Crippen LogP contribution in [0.25, 0.3) is 0 Å². The molecule has 1 aromatic carbocycles. The Labute approximate surface area is 130 Å². The van der Waals surface area contributed by atoms with Gasteiger partial charge in [0, 0.05) is 38.8 Å². The first-order valence-corrected chi connectivity index (χ1v) is 7.65. The summed E-state index contributed by atoms with van der Waals surface area (Å²) < 4.78 is 16.2. The van der Waals surface area contributed by atoms with Crippen LogP contribution in [0.2, 0.25) is 0 Å². The van der Waals surface area contributed by atoms with Crippen molar-refractivity contribution in [2.45, 2.75) is 13.0 Å². The summed E-state index contributed by atoms with van der Waals surface area (Å²) in [6, 6.07) is 8.07. The van der Waals surface area contributed by atoms with Gasteiger partial charge in [0.25, 0.3) is 0 Å². The minimum absolute atomic E-state index is 0.0272. The normalized spacial score (nSPS) is 22.0. The number of hydrogen-bond acceptors (Lipinski definition) is 5. The van der Waals surface area contributed by atoms with E-state index in [2.05, 4.69) is 17.0 Å². The van der Waals surface area contributed by atoms with E-state index in [1.54, 1.807) is 6.92 Å². The summed E-state index contributed by atoms with van der Waals surface area (Å²) in [6.07, 6.45) is 0.0272. The summed E-state index contributed by atoms with van der Waals surface area (Å²) in [5.74, 6) is 0.989. The zero-order valence-corrected chi connectivity index (χ0v) is 12.9. The lowest BCUT2D eigenvalue weighted by molar-refractivity contribution is -0.129. The fraction of sp³-hybridized carbons (Fsp3) is 0.562. The molecule has 1 amide bonds. The van der Waals surface area contributed by atoms with Crippen LogP contribution >= 0.6 is 0 Å². The van der Waals surface area contributed by atoms with Crippen LogP contribution < -0.4 is 9.64 Å². The van der Waals surface area contributed by atoms with E-state index >= 15 is 0 Å². The molecule has 0 N–H and O–H groups in total. The van der Waals surface area contributed by atoms with Gasteiger partial charge < -0.3 is 24.0 Å². The Balaban J connectivity index is 1.50. The van der Waals surface area contributed by atoms with E-state index in [9.17, 15) is 4.79 Å². The topological polar surface area (TPSA) is 51.2 Å². The monoisotopic (exact) mass is 306 g/mol. The molecule has 1 aromatic rings. The molecule has 0 unspecified atom stereocenters. The van der Waals surface area contributed by atoms with Gasteiger partial charge in [-0.3, -0.25) is 4.79 Å². The van der Waals surface area contributed by atoms with Gasteiger partial charge in [0.05, 0.1) is 6.61 Å². The number of hydrogen-bond donors (Lipinski definition) is 0. The Bertz CT molecular complexity index is 491. The molecule has 0 bridgehead atoms. The van der Waals surface area contributed by atoms with E-state index in [0.717, 1.165) is 37.6 Å². The standard InChI is InChI=1S/C16H22N2O4/c1-13(19)17-6-8-18(9-7-17)14-2-4-15(5-3-14)21-11-16-10-20-12-22-16/h2-5,16H,6-12H2,1H3/t16-/m0/s1. The average molecular weight is 306 g/mol. The number of rotatable bonds is 4. The van der Waals surface area contributed by atoms with Crippen LogP contribution in [0.4, 0.5) is 5.69 Å². The van der Waals surface area contributed by atoms with Gasteiger partial charge in [-0.15, -0.1) is 0 Å². The molecule has 22 heavy (non-hydrogen) atoms. The number of ether oxygens (including phenoxy) is 3. The van der Waals surface area contributed by atoms with Gasteiger partial charge in [0.2, 0.25) is 5.91 Å². The molecule has 0 aromatic heterocycles. The SMILES string of the molecule is CC(=O)N1CCN(c2ccc(OC[C@@H]3COCO3)cc2)CC1. The summed E-state index contributed by atoms with van der Waals surface area (Å²) >= 11 is 0. The smallest absolute Gasteiger partial charge is 0.219 e. The summed E-state index contributed by atoms with van der Waals surface area (Å²) in [5.41, 5.74) is 1.16. The number of carbonyl (C=O) groups is 1. The van der Waals surface area contributed by atoms with Gasteiger partial charge in [0.1, 0.15) is 25.3 Å². The van der Waals surface area contributed by atoms with Crippen molar-refractivity contribution in [2.24, 2.45) is 0 Å². The van der Waals surface area contributed by atoms with Gasteiger partial charge in [-0.05, 0) is 24.3 Å². The molecule has 120 valence electrons. The van der Waals surface area contributed by atoms with E-state index < -0.39 is 0 Å². The van der Waals surface area contributed by atoms with Gasteiger partial charge in [0.15, 0.2) is 0 Å². The highest BCUT2D eigenvalue weighted by molar-refractivity contribution is 5.73. The number of anilines is 1. The maximum atomic E-state index is 11.3. The predicted octanol–water partition coefficient (Wildman–Crippen LogP) is 1.11. The van der Waals surface area contributed by atoms with E-state index in [1.165, 1.54) is 0 Å². The van der Waals surface area contributed by atoms with E-state index in [4.69, 9.17) is 14.2 Å². The van der Waals surface area contributed by atoms with Crippen molar-refractivity contribution in [2.75, 3.05) is 51.1 Å². The highest BCUT2D eigenvalue weighted by atomic mass is 16.7. The molecular formula is C16H22N2O4. The zero-order chi connectivity index (χ0) is 15.4. The third-order valence-electron chi connectivity index (χ3n) is 4.05. The fourth-order valence-corrected chi connectivity index (χ4v) is 2.69. The lowest BCUT2D eigenvalue weighted by atomic mass is 10.2. The van der Waals surface area contributed by atoms with E-state index in [1.807, 2.05) is 17.0 Å². The van der Waals surface area contributed by atoms with Gasteiger partial charge >= 0.3 is 0 Å². The Hall–Kier alpha value is -1.79. The molecule has 2 aliphatic heterocycles. The second-order valence-electron chi connectivity index (χ2n) is 5.58. The maximum absolute atomic E-state index is 11.3. The second kappa shape index (κ2) is 6.98. The van der Waals surface area contributed by atoms with Gasteiger partial charge in [-0.1, -0.05) is 0 Å². The van der Waals surface area contributed by atoms with Crippen LogP contribution in [0.3, 0.4) is 0 Å². The van der Waals surface area contributed by atoms with Crippen molar-refractivity contribution in [1.82, 2.24) is 4.90 Å². The molecule has 0 spiro atoms. The van der Waals surface area contributed by atoms with Crippen molar-refractivity contribution >= 4 is 11.6 Å². The first-order valence-electron chi connectivity index (χ1n) is 7.65. The van der Waals surface area contributed by atoms with Crippen molar-refractivity contribution in [1.29, 1.82) is 0 Å². The lowest BCUT2D eigenvalue weighted by Gasteiger charge is -2.35. The molecule has 2 saturated heterocycles. The fourth-order valence-electron chi connectivity index (χ4n) is 2.69. The molecular weight excluding hydrogens is 284 g/mol. The van der Waals surface area contributed by atoms with Gasteiger partial charge in [-0.25, -0.2) is 0 Å². The molecule has 3 rings (SSSR count). The number of benzene rings is 1. The molecule has 1 atom stereocenters. The number of piperazine rings is 1. The number of amides is 1. The van der Waals surface area contributed by atoms with Gasteiger partial charge in [-0.2, -0.15) is 0 Å². The molecule has 0 saturated carbocycles. The highest BCUT2D eigenvalue weighted by Crippen LogP contribution is 2.21. The van der Waals surface area contributed by atoms with Crippen LogP contribution in [0.5, 0.6) is 5.75 Å². The molecule has 2 heterocycles. The van der Waals surface area contributed by atoms with E-state index in [-0.39, 0.29) is 12.0 Å². The average Bonchev–Trinajstić information content (AvgIpc) is 3.07.